The van der Waals surface area contributed by atoms with Gasteiger partial charge in [-0.3, -0.25) is 0 Å². The van der Waals surface area contributed by atoms with Gasteiger partial charge in [-0.25, -0.2) is 4.79 Å². The van der Waals surface area contributed by atoms with E-state index < -0.39 is 17.2 Å². The molecule has 0 aromatic carbocycles. The molecule has 7 nitrogen and oxygen atoms in total. The minimum atomic E-state index is -1.50. The average Bonchev–Trinajstić information content (AvgIpc) is 1.63. The Kier molecular flexibility index (Phi) is 6.58. The second kappa shape index (κ2) is 5.76. The summed E-state index contributed by atoms with van der Waals surface area (Å²) in [4.78, 5) is 17.8. The van der Waals surface area contributed by atoms with Crippen molar-refractivity contribution in [3.63, 3.8) is 0 Å². The molecule has 0 aromatic rings. The Balaban J connectivity index is 0. The summed E-state index contributed by atoms with van der Waals surface area (Å²) >= 11 is 0. The molecule has 0 radical (unpaired) electrons. The van der Waals surface area contributed by atoms with E-state index in [4.69, 9.17) is 25.5 Å². The summed E-state index contributed by atoms with van der Waals surface area (Å²) in [6.45, 7) is 1.20. The summed E-state index contributed by atoms with van der Waals surface area (Å²) in [5, 5.41) is 29.4. The van der Waals surface area contributed by atoms with Crippen LogP contribution in [0.15, 0.2) is 0 Å². The van der Waals surface area contributed by atoms with E-state index in [0.29, 0.717) is 0 Å². The van der Waals surface area contributed by atoms with Gasteiger partial charge in [0.25, 0.3) is 5.09 Å². The van der Waals surface area contributed by atoms with Crippen LogP contribution in [0.1, 0.15) is 6.92 Å². The number of aliphatic hydroxyl groups excluding tert-OH is 1. The van der Waals surface area contributed by atoms with E-state index >= 15 is 0 Å². The van der Waals surface area contributed by atoms with Crippen LogP contribution >= 0.6 is 0 Å². The second-order valence-electron chi connectivity index (χ2n) is 1.25. The van der Waals surface area contributed by atoms with Gasteiger partial charge in [0.2, 0.25) is 0 Å². The zero-order valence-electron chi connectivity index (χ0n) is 5.09. The number of hydrogen-bond acceptors (Lipinski definition) is 4. The molecular formula is C3H7NO6. The topological polar surface area (TPSA) is 121 Å². The van der Waals surface area contributed by atoms with E-state index in [1.165, 1.54) is 6.92 Å². The maximum Gasteiger partial charge on any atom is 0.332 e. The average molecular weight is 153 g/mol. The van der Waals surface area contributed by atoms with Crippen molar-refractivity contribution in [1.29, 1.82) is 0 Å². The number of carboxylic acids is 1. The van der Waals surface area contributed by atoms with Gasteiger partial charge >= 0.3 is 5.97 Å². The molecule has 0 aliphatic heterocycles. The van der Waals surface area contributed by atoms with Crippen molar-refractivity contribution in [2.75, 3.05) is 0 Å². The van der Waals surface area contributed by atoms with E-state index in [9.17, 15) is 4.79 Å². The Hall–Kier alpha value is -1.37. The summed E-state index contributed by atoms with van der Waals surface area (Å²) in [6.07, 6.45) is -1.23. The Bertz CT molecular complexity index is 116. The first-order valence-electron chi connectivity index (χ1n) is 2.12. The van der Waals surface area contributed by atoms with Gasteiger partial charge in [-0.05, 0) is 6.92 Å². The normalized spacial score (nSPS) is 10.6. The molecule has 0 saturated carbocycles. The van der Waals surface area contributed by atoms with Crippen molar-refractivity contribution in [3.8, 4) is 0 Å². The third-order valence-corrected chi connectivity index (χ3v) is 0.357. The van der Waals surface area contributed by atoms with Crippen molar-refractivity contribution in [1.82, 2.24) is 0 Å². The molecular weight excluding hydrogens is 146 g/mol. The first-order valence-corrected chi connectivity index (χ1v) is 2.12. The summed E-state index contributed by atoms with van der Waals surface area (Å²) in [5.74, 6) is -1.19. The van der Waals surface area contributed by atoms with Gasteiger partial charge in [-0.2, -0.15) is 0 Å². The zero-order valence-corrected chi connectivity index (χ0v) is 5.09. The fourth-order valence-corrected chi connectivity index (χ4v) is 0. The van der Waals surface area contributed by atoms with Gasteiger partial charge in [0, 0.05) is 0 Å². The molecule has 0 fully saturated rings. The highest BCUT2D eigenvalue weighted by atomic mass is 16.9. The fourth-order valence-electron chi connectivity index (χ4n) is 0. The van der Waals surface area contributed by atoms with Gasteiger partial charge in [0.1, 0.15) is 6.10 Å². The number of aliphatic hydroxyl groups is 1. The molecule has 0 rings (SSSR count). The van der Waals surface area contributed by atoms with Crippen LogP contribution < -0.4 is 0 Å². The van der Waals surface area contributed by atoms with Crippen LogP contribution in [0.25, 0.3) is 0 Å². The van der Waals surface area contributed by atoms with E-state index in [1.807, 2.05) is 0 Å². The highest BCUT2D eigenvalue weighted by Crippen LogP contribution is 1.73. The molecule has 1 atom stereocenters. The van der Waals surface area contributed by atoms with Crippen molar-refractivity contribution in [3.05, 3.63) is 10.1 Å². The van der Waals surface area contributed by atoms with Crippen LogP contribution in [-0.4, -0.2) is 32.6 Å². The van der Waals surface area contributed by atoms with Gasteiger partial charge in [0.15, 0.2) is 0 Å². The molecule has 60 valence electrons. The predicted molar refractivity (Wildman–Crippen MR) is 28.1 cm³/mol. The van der Waals surface area contributed by atoms with Crippen molar-refractivity contribution in [2.45, 2.75) is 13.0 Å². The van der Waals surface area contributed by atoms with Crippen LogP contribution in [-0.2, 0) is 4.79 Å². The minimum absolute atomic E-state index is 1.19. The largest absolute Gasteiger partial charge is 0.479 e. The van der Waals surface area contributed by atoms with E-state index in [1.54, 1.807) is 0 Å². The molecule has 0 spiro atoms. The van der Waals surface area contributed by atoms with Crippen LogP contribution in [0.3, 0.4) is 0 Å². The lowest BCUT2D eigenvalue weighted by molar-refractivity contribution is -0.742. The maximum atomic E-state index is 9.45. The molecule has 0 saturated heterocycles. The number of hydrogen-bond donors (Lipinski definition) is 3. The number of aliphatic carboxylic acids is 1. The molecule has 0 heterocycles. The van der Waals surface area contributed by atoms with Gasteiger partial charge < -0.3 is 15.4 Å². The molecule has 1 unspecified atom stereocenters. The Morgan fingerprint density at radius 3 is 1.80 bits per heavy atom. The zero-order chi connectivity index (χ0) is 8.73. The molecule has 0 bridgehead atoms. The summed E-state index contributed by atoms with van der Waals surface area (Å²) in [6, 6.07) is 0. The fraction of sp³-hybridized carbons (Fsp3) is 0.667. The van der Waals surface area contributed by atoms with Gasteiger partial charge in [-0.1, -0.05) is 0 Å². The Labute approximate surface area is 55.6 Å². The SMILES string of the molecule is CC(O)C(=O)O.O=[N+]([O-])O. The molecule has 0 aliphatic carbocycles. The van der Waals surface area contributed by atoms with E-state index in [-0.39, 0.29) is 0 Å². The number of nitrogens with zero attached hydrogens (tertiary/aromatic N) is 1. The summed E-state index contributed by atoms with van der Waals surface area (Å²) < 4.78 is 0. The standard InChI is InChI=1S/C3H6O3.HNO3/c1-2(4)3(5)6;2-1(3)4/h2,4H,1H3,(H,5,6);(H,2,3,4). The van der Waals surface area contributed by atoms with Crippen molar-refractivity contribution >= 4 is 5.97 Å². The highest BCUT2D eigenvalue weighted by Gasteiger charge is 2.01. The number of carboxylic acid groups (broad SMARTS) is 1. The van der Waals surface area contributed by atoms with E-state index in [2.05, 4.69) is 0 Å². The minimum Gasteiger partial charge on any atom is -0.479 e. The quantitative estimate of drug-likeness (QED) is 0.331. The third-order valence-electron chi connectivity index (χ3n) is 0.357. The maximum absolute atomic E-state index is 9.45. The highest BCUT2D eigenvalue weighted by molar-refractivity contribution is 5.71. The first kappa shape index (κ1) is 11.4. The Morgan fingerprint density at radius 1 is 1.70 bits per heavy atom. The smallest absolute Gasteiger partial charge is 0.332 e. The second-order valence-corrected chi connectivity index (χ2v) is 1.25. The first-order chi connectivity index (χ1) is 4.37. The van der Waals surface area contributed by atoms with Crippen LogP contribution in [0.2, 0.25) is 0 Å². The molecule has 7 heteroatoms. The lowest BCUT2D eigenvalue weighted by Crippen LogP contribution is -2.13. The molecule has 3 N–H and O–H groups in total. The van der Waals surface area contributed by atoms with Crippen LogP contribution in [0, 0.1) is 10.1 Å². The molecule has 0 aliphatic rings. The van der Waals surface area contributed by atoms with Crippen LogP contribution in [0.5, 0.6) is 0 Å². The predicted octanol–water partition coefficient (Wildman–Crippen LogP) is -0.896. The molecule has 0 amide bonds. The summed E-state index contributed by atoms with van der Waals surface area (Å²) in [7, 11) is 0. The number of rotatable bonds is 1. The molecule has 10 heavy (non-hydrogen) atoms. The third kappa shape index (κ3) is 30.4. The van der Waals surface area contributed by atoms with Crippen molar-refractivity contribution < 1.29 is 25.3 Å². The lowest BCUT2D eigenvalue weighted by Gasteiger charge is -1.89. The monoisotopic (exact) mass is 153 g/mol. The van der Waals surface area contributed by atoms with Gasteiger partial charge in [0.05, 0.1) is 0 Å². The summed E-state index contributed by atoms with van der Waals surface area (Å²) in [5.41, 5.74) is 0. The van der Waals surface area contributed by atoms with E-state index in [0.717, 1.165) is 0 Å². The lowest BCUT2D eigenvalue weighted by atomic mass is 10.4. The van der Waals surface area contributed by atoms with Crippen LogP contribution in [0.4, 0.5) is 0 Å². The van der Waals surface area contributed by atoms with Crippen molar-refractivity contribution in [2.24, 2.45) is 0 Å². The Morgan fingerprint density at radius 2 is 1.80 bits per heavy atom. The number of carbonyl (C=O) groups is 1. The molecule has 0 aromatic heterocycles. The van der Waals surface area contributed by atoms with Gasteiger partial charge in [-0.15, -0.1) is 10.1 Å².